The summed E-state index contributed by atoms with van der Waals surface area (Å²) in [5.41, 5.74) is 3.76. The predicted molar refractivity (Wildman–Crippen MR) is 74.4 cm³/mol. The molecule has 0 bridgehead atoms. The highest BCUT2D eigenvalue weighted by Crippen LogP contribution is 2.29. The summed E-state index contributed by atoms with van der Waals surface area (Å²) in [4.78, 5) is 10.9. The molecule has 4 heteroatoms. The third-order valence-corrected chi connectivity index (χ3v) is 3.95. The van der Waals surface area contributed by atoms with E-state index < -0.39 is 5.97 Å². The highest BCUT2D eigenvalue weighted by molar-refractivity contribution is 6.32. The zero-order valence-corrected chi connectivity index (χ0v) is 11.2. The standard InChI is InChI=1S/C15H14ClNO2/c16-12-9-11(15(18)19)5-6-14(12)17-8-7-10-3-1-2-4-13(10)17/h5-9H,1-4H2,(H,18,19). The molecule has 19 heavy (non-hydrogen) atoms. The van der Waals surface area contributed by atoms with Crippen molar-refractivity contribution in [3.8, 4) is 5.69 Å². The zero-order chi connectivity index (χ0) is 13.4. The fourth-order valence-electron chi connectivity index (χ4n) is 2.68. The number of aromatic carboxylic acids is 1. The van der Waals surface area contributed by atoms with Crippen LogP contribution in [0.5, 0.6) is 0 Å². The smallest absolute Gasteiger partial charge is 0.335 e. The lowest BCUT2D eigenvalue weighted by Gasteiger charge is -2.16. The summed E-state index contributed by atoms with van der Waals surface area (Å²) in [6.45, 7) is 0. The molecule has 1 N–H and O–H groups in total. The molecule has 1 aromatic carbocycles. The number of carboxylic acid groups (broad SMARTS) is 1. The van der Waals surface area contributed by atoms with Gasteiger partial charge in [0.2, 0.25) is 0 Å². The molecule has 1 heterocycles. The zero-order valence-electron chi connectivity index (χ0n) is 10.4. The lowest BCUT2D eigenvalue weighted by atomic mass is 9.98. The highest BCUT2D eigenvalue weighted by Gasteiger charge is 2.16. The molecule has 0 unspecified atom stereocenters. The lowest BCUT2D eigenvalue weighted by molar-refractivity contribution is 0.0697. The Morgan fingerprint density at radius 3 is 2.74 bits per heavy atom. The number of halogens is 1. The van der Waals surface area contributed by atoms with Crippen molar-refractivity contribution in [1.82, 2.24) is 4.57 Å². The molecule has 0 saturated heterocycles. The molecule has 0 atom stereocenters. The van der Waals surface area contributed by atoms with Crippen LogP contribution in [0.2, 0.25) is 5.02 Å². The number of fused-ring (bicyclic) bond motifs is 1. The quantitative estimate of drug-likeness (QED) is 0.908. The Bertz CT molecular complexity index is 646. The Morgan fingerprint density at radius 2 is 2.00 bits per heavy atom. The Labute approximate surface area is 116 Å². The third-order valence-electron chi connectivity index (χ3n) is 3.65. The number of benzene rings is 1. The number of rotatable bonds is 2. The van der Waals surface area contributed by atoms with Gasteiger partial charge in [-0.3, -0.25) is 0 Å². The topological polar surface area (TPSA) is 42.2 Å². The normalized spacial score (nSPS) is 14.2. The van der Waals surface area contributed by atoms with Crippen molar-refractivity contribution in [2.24, 2.45) is 0 Å². The van der Waals surface area contributed by atoms with E-state index in [4.69, 9.17) is 16.7 Å². The van der Waals surface area contributed by atoms with Crippen molar-refractivity contribution in [2.75, 3.05) is 0 Å². The molecule has 2 aromatic rings. The molecule has 1 aromatic heterocycles. The van der Waals surface area contributed by atoms with Gasteiger partial charge in [-0.2, -0.15) is 0 Å². The minimum Gasteiger partial charge on any atom is -0.478 e. The van der Waals surface area contributed by atoms with Crippen LogP contribution in [0.3, 0.4) is 0 Å². The molecule has 3 rings (SSSR count). The number of nitrogens with zero attached hydrogens (tertiary/aromatic N) is 1. The maximum absolute atomic E-state index is 10.9. The fourth-order valence-corrected chi connectivity index (χ4v) is 2.95. The summed E-state index contributed by atoms with van der Waals surface area (Å²) < 4.78 is 2.09. The van der Waals surface area contributed by atoms with Gasteiger partial charge in [-0.05, 0) is 55.5 Å². The summed E-state index contributed by atoms with van der Waals surface area (Å²) in [5, 5.41) is 9.43. The Kier molecular flexibility index (Phi) is 3.07. The largest absolute Gasteiger partial charge is 0.478 e. The van der Waals surface area contributed by atoms with E-state index in [2.05, 4.69) is 10.6 Å². The van der Waals surface area contributed by atoms with Gasteiger partial charge in [0.15, 0.2) is 0 Å². The summed E-state index contributed by atoms with van der Waals surface area (Å²) >= 11 is 6.22. The van der Waals surface area contributed by atoms with Crippen LogP contribution in [0, 0.1) is 0 Å². The van der Waals surface area contributed by atoms with E-state index in [0.717, 1.165) is 18.5 Å². The predicted octanol–water partition coefficient (Wildman–Crippen LogP) is 3.71. The van der Waals surface area contributed by atoms with E-state index >= 15 is 0 Å². The van der Waals surface area contributed by atoms with Gasteiger partial charge >= 0.3 is 5.97 Å². The van der Waals surface area contributed by atoms with Gasteiger partial charge in [0, 0.05) is 11.9 Å². The van der Waals surface area contributed by atoms with Crippen molar-refractivity contribution in [1.29, 1.82) is 0 Å². The van der Waals surface area contributed by atoms with Crippen LogP contribution in [0.15, 0.2) is 30.5 Å². The molecule has 0 spiro atoms. The van der Waals surface area contributed by atoms with Crippen LogP contribution in [0.4, 0.5) is 0 Å². The Balaban J connectivity index is 2.07. The van der Waals surface area contributed by atoms with Gasteiger partial charge < -0.3 is 9.67 Å². The van der Waals surface area contributed by atoms with E-state index in [1.165, 1.54) is 30.2 Å². The third kappa shape index (κ3) is 2.15. The SMILES string of the molecule is O=C(O)c1ccc(-n2ccc3c2CCCC3)c(Cl)c1. The molecule has 0 aliphatic heterocycles. The van der Waals surface area contributed by atoms with Crippen molar-refractivity contribution in [3.63, 3.8) is 0 Å². The average molecular weight is 276 g/mol. The second-order valence-corrected chi connectivity index (χ2v) is 5.24. The molecular weight excluding hydrogens is 262 g/mol. The van der Waals surface area contributed by atoms with Crippen molar-refractivity contribution < 1.29 is 9.90 Å². The van der Waals surface area contributed by atoms with Crippen LogP contribution in [0.1, 0.15) is 34.5 Å². The summed E-state index contributed by atoms with van der Waals surface area (Å²) in [6, 6.07) is 7.02. The van der Waals surface area contributed by atoms with Crippen molar-refractivity contribution in [2.45, 2.75) is 25.7 Å². The number of aromatic nitrogens is 1. The van der Waals surface area contributed by atoms with Gasteiger partial charge in [-0.15, -0.1) is 0 Å². The van der Waals surface area contributed by atoms with E-state index in [-0.39, 0.29) is 5.56 Å². The maximum atomic E-state index is 10.9. The number of carboxylic acids is 1. The van der Waals surface area contributed by atoms with Crippen LogP contribution >= 0.6 is 11.6 Å². The molecule has 1 aliphatic carbocycles. The van der Waals surface area contributed by atoms with E-state index in [9.17, 15) is 4.79 Å². The van der Waals surface area contributed by atoms with Crippen LogP contribution in [0.25, 0.3) is 5.69 Å². The van der Waals surface area contributed by atoms with E-state index in [1.54, 1.807) is 12.1 Å². The minimum absolute atomic E-state index is 0.217. The first-order chi connectivity index (χ1) is 9.16. The molecule has 1 aliphatic rings. The molecular formula is C15H14ClNO2. The van der Waals surface area contributed by atoms with Crippen LogP contribution < -0.4 is 0 Å². The second kappa shape index (κ2) is 4.74. The number of hydrogen-bond acceptors (Lipinski definition) is 1. The van der Waals surface area contributed by atoms with Gasteiger partial charge in [0.25, 0.3) is 0 Å². The van der Waals surface area contributed by atoms with E-state index in [1.807, 2.05) is 6.20 Å². The van der Waals surface area contributed by atoms with Crippen molar-refractivity contribution in [3.05, 3.63) is 52.3 Å². The first kappa shape index (κ1) is 12.3. The Hall–Kier alpha value is -1.74. The van der Waals surface area contributed by atoms with E-state index in [0.29, 0.717) is 5.02 Å². The summed E-state index contributed by atoms with van der Waals surface area (Å²) in [7, 11) is 0. The first-order valence-electron chi connectivity index (χ1n) is 6.39. The second-order valence-electron chi connectivity index (χ2n) is 4.84. The fraction of sp³-hybridized carbons (Fsp3) is 0.267. The molecule has 0 saturated carbocycles. The summed E-state index contributed by atoms with van der Waals surface area (Å²) in [6.07, 6.45) is 6.63. The number of aryl methyl sites for hydroxylation is 1. The molecule has 0 radical (unpaired) electrons. The monoisotopic (exact) mass is 275 g/mol. The first-order valence-corrected chi connectivity index (χ1v) is 6.77. The molecule has 3 nitrogen and oxygen atoms in total. The van der Waals surface area contributed by atoms with Gasteiger partial charge in [-0.25, -0.2) is 4.79 Å². The highest BCUT2D eigenvalue weighted by atomic mass is 35.5. The molecule has 98 valence electrons. The average Bonchev–Trinajstić information content (AvgIpc) is 2.82. The summed E-state index contributed by atoms with van der Waals surface area (Å²) in [5.74, 6) is -0.956. The number of carbonyl (C=O) groups is 1. The van der Waals surface area contributed by atoms with Crippen molar-refractivity contribution >= 4 is 17.6 Å². The lowest BCUT2D eigenvalue weighted by Crippen LogP contribution is -2.07. The molecule has 0 fully saturated rings. The van der Waals surface area contributed by atoms with Gasteiger partial charge in [-0.1, -0.05) is 11.6 Å². The Morgan fingerprint density at radius 1 is 1.21 bits per heavy atom. The molecule has 0 amide bonds. The van der Waals surface area contributed by atoms with Gasteiger partial charge in [0.1, 0.15) is 0 Å². The minimum atomic E-state index is -0.956. The van der Waals surface area contributed by atoms with Crippen LogP contribution in [-0.2, 0) is 12.8 Å². The maximum Gasteiger partial charge on any atom is 0.335 e. The van der Waals surface area contributed by atoms with Gasteiger partial charge in [0.05, 0.1) is 16.3 Å². The number of hydrogen-bond donors (Lipinski definition) is 1. The van der Waals surface area contributed by atoms with Crippen LogP contribution in [-0.4, -0.2) is 15.6 Å².